The molecule has 1 atom stereocenters. The quantitative estimate of drug-likeness (QED) is 0.582. The third-order valence-corrected chi connectivity index (χ3v) is 4.07. The maximum absolute atomic E-state index is 6.56. The van der Waals surface area contributed by atoms with Crippen molar-refractivity contribution in [2.45, 2.75) is 18.7 Å². The molecule has 2 aromatic rings. The lowest BCUT2D eigenvalue weighted by Gasteiger charge is -2.15. The Bertz CT molecular complexity index is 569. The van der Waals surface area contributed by atoms with Crippen molar-refractivity contribution < 1.29 is 4.74 Å². The fraction of sp³-hybridized carbons (Fsp3) is 0.250. The van der Waals surface area contributed by atoms with Crippen LogP contribution in [0.3, 0.4) is 0 Å². The van der Waals surface area contributed by atoms with Gasteiger partial charge in [0.15, 0.2) is 0 Å². The number of hydrogen-bond acceptors (Lipinski definition) is 1. The van der Waals surface area contributed by atoms with E-state index in [1.165, 1.54) is 0 Å². The van der Waals surface area contributed by atoms with Crippen molar-refractivity contribution in [3.05, 3.63) is 63.1 Å². The van der Waals surface area contributed by atoms with E-state index >= 15 is 0 Å². The Hall–Kier alpha value is -0.700. The molecule has 0 aliphatic rings. The lowest BCUT2D eigenvalue weighted by Crippen LogP contribution is -2.01. The highest BCUT2D eigenvalue weighted by molar-refractivity contribution is 9.10. The van der Waals surface area contributed by atoms with Crippen molar-refractivity contribution in [3.63, 3.8) is 0 Å². The average Bonchev–Trinajstić information content (AvgIpc) is 2.43. The molecule has 0 saturated carbocycles. The minimum atomic E-state index is -0.143. The summed E-state index contributed by atoms with van der Waals surface area (Å²) in [6.45, 7) is 2.59. The van der Waals surface area contributed by atoms with E-state index in [1.807, 2.05) is 49.4 Å². The predicted molar refractivity (Wildman–Crippen MR) is 89.1 cm³/mol. The first kappa shape index (κ1) is 15.7. The molecule has 0 radical (unpaired) electrons. The van der Waals surface area contributed by atoms with Crippen LogP contribution in [0, 0.1) is 0 Å². The number of ether oxygens (including phenoxy) is 1. The monoisotopic (exact) mass is 372 g/mol. The van der Waals surface area contributed by atoms with Crippen LogP contribution in [-0.4, -0.2) is 6.61 Å². The maximum atomic E-state index is 6.56. The molecule has 0 spiro atoms. The van der Waals surface area contributed by atoms with Crippen LogP contribution >= 0.6 is 39.1 Å². The van der Waals surface area contributed by atoms with Gasteiger partial charge in [0, 0.05) is 15.1 Å². The molecule has 1 unspecified atom stereocenters. The summed E-state index contributed by atoms with van der Waals surface area (Å²) in [5, 5.41) is 0.590. The topological polar surface area (TPSA) is 9.23 Å². The van der Waals surface area contributed by atoms with E-state index in [9.17, 15) is 0 Å². The van der Waals surface area contributed by atoms with Gasteiger partial charge in [-0.25, -0.2) is 0 Å². The number of rotatable bonds is 5. The number of benzene rings is 2. The van der Waals surface area contributed by atoms with Gasteiger partial charge in [-0.3, -0.25) is 0 Å². The molecule has 0 aromatic heterocycles. The van der Waals surface area contributed by atoms with E-state index in [4.69, 9.17) is 27.9 Å². The molecule has 0 heterocycles. The van der Waals surface area contributed by atoms with Crippen molar-refractivity contribution in [1.82, 2.24) is 0 Å². The van der Waals surface area contributed by atoms with Crippen molar-refractivity contribution in [2.24, 2.45) is 0 Å². The Morgan fingerprint density at radius 2 is 1.85 bits per heavy atom. The molecule has 0 amide bonds. The number of halogens is 3. The largest absolute Gasteiger partial charge is 0.494 e. The molecule has 0 N–H and O–H groups in total. The molecule has 0 aliphatic heterocycles. The van der Waals surface area contributed by atoms with E-state index in [1.54, 1.807) is 0 Å². The van der Waals surface area contributed by atoms with Crippen LogP contribution < -0.4 is 4.74 Å². The second-order valence-corrected chi connectivity index (χ2v) is 6.29. The fourth-order valence-electron chi connectivity index (χ4n) is 1.99. The van der Waals surface area contributed by atoms with Gasteiger partial charge in [0.1, 0.15) is 5.75 Å². The SMILES string of the molecule is CCOc1ccc(Br)cc1C(Cl)Cc1ccc(Cl)cc1. The summed E-state index contributed by atoms with van der Waals surface area (Å²) in [7, 11) is 0. The molecule has 0 saturated heterocycles. The van der Waals surface area contributed by atoms with Crippen molar-refractivity contribution >= 4 is 39.1 Å². The van der Waals surface area contributed by atoms with Gasteiger partial charge in [0.2, 0.25) is 0 Å². The molecular weight excluding hydrogens is 359 g/mol. The summed E-state index contributed by atoms with van der Waals surface area (Å²) in [5.74, 6) is 0.838. The molecule has 1 nitrogen and oxygen atoms in total. The van der Waals surface area contributed by atoms with E-state index in [0.717, 1.165) is 32.8 Å². The van der Waals surface area contributed by atoms with Gasteiger partial charge in [-0.15, -0.1) is 11.6 Å². The zero-order chi connectivity index (χ0) is 14.5. The fourth-order valence-corrected chi connectivity index (χ4v) is 2.84. The standard InChI is InChI=1S/C16H15BrCl2O/c1-2-20-16-8-5-12(17)10-14(16)15(19)9-11-3-6-13(18)7-4-11/h3-8,10,15H,2,9H2,1H3. The Balaban J connectivity index is 2.21. The van der Waals surface area contributed by atoms with Gasteiger partial charge in [-0.05, 0) is 49.2 Å². The third-order valence-electron chi connectivity index (χ3n) is 2.94. The van der Waals surface area contributed by atoms with Gasteiger partial charge in [0.05, 0.1) is 12.0 Å². The number of alkyl halides is 1. The van der Waals surface area contributed by atoms with Gasteiger partial charge >= 0.3 is 0 Å². The zero-order valence-electron chi connectivity index (χ0n) is 11.1. The van der Waals surface area contributed by atoms with Gasteiger partial charge < -0.3 is 4.74 Å². The second kappa shape index (κ2) is 7.35. The lowest BCUT2D eigenvalue weighted by molar-refractivity contribution is 0.336. The molecule has 4 heteroatoms. The first-order valence-corrected chi connectivity index (χ1v) is 8.01. The summed E-state index contributed by atoms with van der Waals surface area (Å²) in [4.78, 5) is 0. The zero-order valence-corrected chi connectivity index (χ0v) is 14.2. The summed E-state index contributed by atoms with van der Waals surface area (Å²) < 4.78 is 6.64. The molecule has 0 fully saturated rings. The van der Waals surface area contributed by atoms with E-state index in [0.29, 0.717) is 6.61 Å². The van der Waals surface area contributed by atoms with Crippen molar-refractivity contribution in [2.75, 3.05) is 6.61 Å². The molecular formula is C16H15BrCl2O. The second-order valence-electron chi connectivity index (χ2n) is 4.41. The van der Waals surface area contributed by atoms with Gasteiger partial charge in [-0.1, -0.05) is 39.7 Å². The maximum Gasteiger partial charge on any atom is 0.124 e. The van der Waals surface area contributed by atoms with Crippen LogP contribution in [-0.2, 0) is 6.42 Å². The normalized spacial score (nSPS) is 12.2. The Labute approximate surface area is 138 Å². The summed E-state index contributed by atoms with van der Waals surface area (Å²) in [6.07, 6.45) is 0.731. The molecule has 106 valence electrons. The lowest BCUT2D eigenvalue weighted by atomic mass is 10.0. The minimum absolute atomic E-state index is 0.143. The summed E-state index contributed by atoms with van der Waals surface area (Å²) in [6, 6.07) is 13.7. The first-order valence-electron chi connectivity index (χ1n) is 6.41. The Morgan fingerprint density at radius 1 is 1.15 bits per heavy atom. The van der Waals surface area contributed by atoms with Crippen molar-refractivity contribution in [1.29, 1.82) is 0 Å². The Morgan fingerprint density at radius 3 is 2.50 bits per heavy atom. The van der Waals surface area contributed by atoms with Crippen LogP contribution in [0.25, 0.3) is 0 Å². The highest BCUT2D eigenvalue weighted by Gasteiger charge is 2.15. The van der Waals surface area contributed by atoms with Crippen LogP contribution in [0.15, 0.2) is 46.9 Å². The minimum Gasteiger partial charge on any atom is -0.494 e. The molecule has 0 bridgehead atoms. The molecule has 2 aromatic carbocycles. The smallest absolute Gasteiger partial charge is 0.124 e. The summed E-state index contributed by atoms with van der Waals surface area (Å²) in [5.41, 5.74) is 2.15. The highest BCUT2D eigenvalue weighted by Crippen LogP contribution is 2.34. The van der Waals surface area contributed by atoms with E-state index in [2.05, 4.69) is 15.9 Å². The first-order chi connectivity index (χ1) is 9.60. The third kappa shape index (κ3) is 4.15. The highest BCUT2D eigenvalue weighted by atomic mass is 79.9. The molecule has 2 rings (SSSR count). The Kier molecular flexibility index (Phi) is 5.76. The van der Waals surface area contributed by atoms with Crippen LogP contribution in [0.1, 0.15) is 23.4 Å². The van der Waals surface area contributed by atoms with Gasteiger partial charge in [0.25, 0.3) is 0 Å². The van der Waals surface area contributed by atoms with E-state index in [-0.39, 0.29) is 5.38 Å². The van der Waals surface area contributed by atoms with E-state index < -0.39 is 0 Å². The van der Waals surface area contributed by atoms with Crippen LogP contribution in [0.4, 0.5) is 0 Å². The van der Waals surface area contributed by atoms with Crippen LogP contribution in [0.2, 0.25) is 5.02 Å². The molecule has 0 aliphatic carbocycles. The van der Waals surface area contributed by atoms with Crippen LogP contribution in [0.5, 0.6) is 5.75 Å². The number of hydrogen-bond donors (Lipinski definition) is 0. The van der Waals surface area contributed by atoms with Crippen molar-refractivity contribution in [3.8, 4) is 5.75 Å². The summed E-state index contributed by atoms with van der Waals surface area (Å²) >= 11 is 15.9. The van der Waals surface area contributed by atoms with Gasteiger partial charge in [-0.2, -0.15) is 0 Å². The predicted octanol–water partition coefficient (Wildman–Crippen LogP) is 6.02. The molecule has 20 heavy (non-hydrogen) atoms. The average molecular weight is 374 g/mol.